The molecule has 0 rings (SSSR count). The van der Waals surface area contributed by atoms with Crippen LogP contribution < -0.4 is 0 Å². The van der Waals surface area contributed by atoms with Gasteiger partial charge < -0.3 is 24.2 Å². The number of esters is 3. The van der Waals surface area contributed by atoms with Gasteiger partial charge in [0.15, 0.2) is 6.10 Å². The Morgan fingerprint density at radius 1 is 0.359 bits per heavy atom. The molecule has 0 aromatic carbocycles. The molecule has 0 fully saturated rings. The molecular formula is C66H121O11P. The minimum absolute atomic E-state index is 0.153. The predicted molar refractivity (Wildman–Crippen MR) is 325 cm³/mol. The molecule has 0 aliphatic carbocycles. The molecule has 78 heavy (non-hydrogen) atoms. The number of carbonyl (C=O) groups is 3. The number of rotatable bonds is 61. The second kappa shape index (κ2) is 60.5. The zero-order valence-electron chi connectivity index (χ0n) is 50.6. The van der Waals surface area contributed by atoms with Gasteiger partial charge in [0.2, 0.25) is 0 Å². The number of allylic oxidation sites excluding steroid dienone is 8. The average Bonchev–Trinajstić information content (AvgIpc) is 3.43. The molecule has 0 saturated carbocycles. The second-order valence-corrected chi connectivity index (χ2v) is 23.4. The Morgan fingerprint density at radius 3 is 1.00 bits per heavy atom. The van der Waals surface area contributed by atoms with Crippen LogP contribution in [0.5, 0.6) is 0 Å². The summed E-state index contributed by atoms with van der Waals surface area (Å²) in [6, 6.07) is 0. The van der Waals surface area contributed by atoms with E-state index in [0.717, 1.165) is 109 Å². The van der Waals surface area contributed by atoms with Crippen LogP contribution in [0.1, 0.15) is 316 Å². The molecule has 0 bridgehead atoms. The van der Waals surface area contributed by atoms with Crippen molar-refractivity contribution >= 4 is 25.7 Å². The lowest BCUT2D eigenvalue weighted by molar-refractivity contribution is -0.161. The van der Waals surface area contributed by atoms with Crippen LogP contribution in [0.15, 0.2) is 48.6 Å². The van der Waals surface area contributed by atoms with Gasteiger partial charge in [0.25, 0.3) is 0 Å². The zero-order chi connectivity index (χ0) is 56.9. The fourth-order valence-corrected chi connectivity index (χ4v) is 10.0. The van der Waals surface area contributed by atoms with E-state index in [1.807, 2.05) is 0 Å². The summed E-state index contributed by atoms with van der Waals surface area (Å²) in [5, 5.41) is 9.86. The molecule has 0 aromatic heterocycles. The SMILES string of the molecule is CCCCC/C=C\C/C=C\C/C=C\CCCCCCCCC(=O)OC(COC(=O)CCCCCCC/C=C\CCCCCCCC)COP(=O)(O)OCC(CO)OC(=O)CCCCCCCCCCCCCCCCCCC. The van der Waals surface area contributed by atoms with Crippen LogP contribution in [-0.4, -0.2) is 66.5 Å². The molecule has 12 heteroatoms. The van der Waals surface area contributed by atoms with E-state index in [0.29, 0.717) is 19.3 Å². The van der Waals surface area contributed by atoms with Crippen molar-refractivity contribution in [3.63, 3.8) is 0 Å². The average molecular weight is 1120 g/mol. The number of aliphatic hydroxyl groups excluding tert-OH is 1. The molecule has 0 radical (unpaired) electrons. The first-order valence-electron chi connectivity index (χ1n) is 32.5. The quantitative estimate of drug-likeness (QED) is 0.0197. The fraction of sp³-hybridized carbons (Fsp3) is 0.833. The normalized spacial score (nSPS) is 13.6. The van der Waals surface area contributed by atoms with E-state index in [2.05, 4.69) is 69.4 Å². The van der Waals surface area contributed by atoms with Crippen molar-refractivity contribution in [2.75, 3.05) is 26.4 Å². The van der Waals surface area contributed by atoms with Gasteiger partial charge in [0.05, 0.1) is 19.8 Å². The highest BCUT2D eigenvalue weighted by molar-refractivity contribution is 7.47. The molecule has 3 atom stereocenters. The summed E-state index contributed by atoms with van der Waals surface area (Å²) in [7, 11) is -4.76. The number of aliphatic hydroxyl groups is 1. The summed E-state index contributed by atoms with van der Waals surface area (Å²) in [5.41, 5.74) is 0. The van der Waals surface area contributed by atoms with Gasteiger partial charge in [0, 0.05) is 19.3 Å². The Hall–Kier alpha value is -2.56. The van der Waals surface area contributed by atoms with Crippen molar-refractivity contribution in [3.8, 4) is 0 Å². The third-order valence-corrected chi connectivity index (χ3v) is 15.2. The first kappa shape index (κ1) is 75.4. The maximum absolute atomic E-state index is 13.0. The van der Waals surface area contributed by atoms with E-state index in [-0.39, 0.29) is 25.9 Å². The third kappa shape index (κ3) is 58.1. The largest absolute Gasteiger partial charge is 0.472 e. The van der Waals surface area contributed by atoms with Gasteiger partial charge in [-0.25, -0.2) is 4.57 Å². The highest BCUT2D eigenvalue weighted by Crippen LogP contribution is 2.43. The summed E-state index contributed by atoms with van der Waals surface area (Å²) in [6.45, 7) is 4.65. The van der Waals surface area contributed by atoms with Crippen molar-refractivity contribution in [2.45, 2.75) is 328 Å². The van der Waals surface area contributed by atoms with Crippen molar-refractivity contribution in [1.29, 1.82) is 0 Å². The van der Waals surface area contributed by atoms with Crippen molar-refractivity contribution < 1.29 is 52.2 Å². The summed E-state index contributed by atoms with van der Waals surface area (Å²) in [4.78, 5) is 48.7. The maximum Gasteiger partial charge on any atom is 0.472 e. The molecule has 3 unspecified atom stereocenters. The van der Waals surface area contributed by atoms with Crippen molar-refractivity contribution in [1.82, 2.24) is 0 Å². The summed E-state index contributed by atoms with van der Waals surface area (Å²) in [6.07, 6.45) is 66.3. The topological polar surface area (TPSA) is 155 Å². The van der Waals surface area contributed by atoms with Crippen molar-refractivity contribution in [2.24, 2.45) is 0 Å². The summed E-state index contributed by atoms with van der Waals surface area (Å²) in [5.74, 6) is -1.47. The molecule has 456 valence electrons. The number of ether oxygens (including phenoxy) is 3. The fourth-order valence-electron chi connectivity index (χ4n) is 9.24. The van der Waals surface area contributed by atoms with E-state index >= 15 is 0 Å². The van der Waals surface area contributed by atoms with Crippen molar-refractivity contribution in [3.05, 3.63) is 48.6 Å². The summed E-state index contributed by atoms with van der Waals surface area (Å²) < 4.78 is 39.7. The highest BCUT2D eigenvalue weighted by Gasteiger charge is 2.28. The minimum Gasteiger partial charge on any atom is -0.462 e. The van der Waals surface area contributed by atoms with Gasteiger partial charge in [0.1, 0.15) is 12.7 Å². The number of phosphoric acid groups is 1. The van der Waals surface area contributed by atoms with Gasteiger partial charge in [-0.15, -0.1) is 0 Å². The molecule has 0 aromatic rings. The van der Waals surface area contributed by atoms with Crippen LogP contribution in [0.3, 0.4) is 0 Å². The van der Waals surface area contributed by atoms with Crippen LogP contribution in [0, 0.1) is 0 Å². The second-order valence-electron chi connectivity index (χ2n) is 21.9. The summed E-state index contributed by atoms with van der Waals surface area (Å²) >= 11 is 0. The van der Waals surface area contributed by atoms with Crippen LogP contribution >= 0.6 is 7.82 Å². The van der Waals surface area contributed by atoms with E-state index in [4.69, 9.17) is 23.3 Å². The van der Waals surface area contributed by atoms with E-state index in [1.165, 1.54) is 148 Å². The molecule has 11 nitrogen and oxygen atoms in total. The molecule has 0 amide bonds. The Morgan fingerprint density at radius 2 is 0.628 bits per heavy atom. The number of hydrogen-bond donors (Lipinski definition) is 2. The lowest BCUT2D eigenvalue weighted by Crippen LogP contribution is -2.30. The minimum atomic E-state index is -4.76. The molecule has 2 N–H and O–H groups in total. The Bertz CT molecular complexity index is 1490. The van der Waals surface area contributed by atoms with E-state index in [9.17, 15) is 28.9 Å². The Kier molecular flexibility index (Phi) is 58.5. The smallest absolute Gasteiger partial charge is 0.462 e. The molecule has 0 aliphatic heterocycles. The van der Waals surface area contributed by atoms with E-state index < -0.39 is 57.8 Å². The van der Waals surface area contributed by atoms with Crippen LogP contribution in [0.25, 0.3) is 0 Å². The zero-order valence-corrected chi connectivity index (χ0v) is 51.5. The van der Waals surface area contributed by atoms with Gasteiger partial charge in [-0.1, -0.05) is 262 Å². The first-order valence-corrected chi connectivity index (χ1v) is 34.0. The molecule has 0 aliphatic rings. The number of unbranched alkanes of at least 4 members (excludes halogenated alkanes) is 36. The standard InChI is InChI=1S/C66H121O11P/c1-4-7-10-13-16-19-22-25-28-30-31-33-36-39-42-45-48-51-54-57-66(70)77-63(59-73-64(68)55-52-49-46-43-40-37-34-27-24-21-18-15-12-9-6-3)61-75-78(71,72)74-60-62(58-67)76-65(69)56-53-50-47-44-41-38-35-32-29-26-23-20-17-14-11-8-5-2/h16,19,25,27-28,31,33-34,62-63,67H,4-15,17-18,20-24,26,29-30,32,35-61H2,1-3H3,(H,71,72)/b19-16-,28-25-,33-31-,34-27-. The number of hydrogen-bond acceptors (Lipinski definition) is 10. The third-order valence-electron chi connectivity index (χ3n) is 14.2. The molecular weight excluding hydrogens is 1000 g/mol. The monoisotopic (exact) mass is 1120 g/mol. The van der Waals surface area contributed by atoms with Crippen LogP contribution in [-0.2, 0) is 42.2 Å². The van der Waals surface area contributed by atoms with Crippen LogP contribution in [0.4, 0.5) is 0 Å². The van der Waals surface area contributed by atoms with Gasteiger partial charge in [-0.3, -0.25) is 23.4 Å². The molecule has 0 saturated heterocycles. The Labute approximate surface area is 479 Å². The highest BCUT2D eigenvalue weighted by atomic mass is 31.2. The maximum atomic E-state index is 13.0. The molecule has 0 spiro atoms. The van der Waals surface area contributed by atoms with Gasteiger partial charge >= 0.3 is 25.7 Å². The van der Waals surface area contributed by atoms with E-state index in [1.54, 1.807) is 0 Å². The van der Waals surface area contributed by atoms with Gasteiger partial charge in [-0.2, -0.15) is 0 Å². The molecule has 0 heterocycles. The predicted octanol–water partition coefficient (Wildman–Crippen LogP) is 19.7. The first-order chi connectivity index (χ1) is 38.2. The Balaban J connectivity index is 4.69. The number of carbonyl (C=O) groups excluding carboxylic acids is 3. The lowest BCUT2D eigenvalue weighted by atomic mass is 10.0. The lowest BCUT2D eigenvalue weighted by Gasteiger charge is -2.21. The van der Waals surface area contributed by atoms with Gasteiger partial charge in [-0.05, 0) is 83.5 Å². The number of phosphoric ester groups is 1. The van der Waals surface area contributed by atoms with Crippen LogP contribution in [0.2, 0.25) is 0 Å².